The van der Waals surface area contributed by atoms with Crippen molar-refractivity contribution >= 4 is 17.8 Å². The molecule has 1 aliphatic heterocycles. The van der Waals surface area contributed by atoms with Crippen molar-refractivity contribution < 1.29 is 24.2 Å². The summed E-state index contributed by atoms with van der Waals surface area (Å²) in [5, 5.41) is 12.5. The molecule has 154 valence electrons. The number of esters is 1. The average molecular weight is 390 g/mol. The van der Waals surface area contributed by atoms with E-state index in [4.69, 9.17) is 4.74 Å². The average Bonchev–Trinajstić information content (AvgIpc) is 2.87. The van der Waals surface area contributed by atoms with Gasteiger partial charge in [-0.05, 0) is 51.5 Å². The Labute approximate surface area is 166 Å². The second kappa shape index (κ2) is 10.8. The zero-order valence-corrected chi connectivity index (χ0v) is 16.6. The largest absolute Gasteiger partial charge is 0.480 e. The van der Waals surface area contributed by atoms with Gasteiger partial charge in [0.15, 0.2) is 0 Å². The van der Waals surface area contributed by atoms with E-state index in [1.165, 1.54) is 11.8 Å². The van der Waals surface area contributed by atoms with Crippen molar-refractivity contribution in [2.45, 2.75) is 64.1 Å². The topological polar surface area (TPSA) is 95.9 Å². The van der Waals surface area contributed by atoms with Crippen LogP contribution in [0.4, 0.5) is 0 Å². The molecular formula is C21H30N2O5. The fourth-order valence-electron chi connectivity index (χ4n) is 3.45. The molecule has 3 atom stereocenters. The summed E-state index contributed by atoms with van der Waals surface area (Å²) >= 11 is 0. The number of ether oxygens (including phenoxy) is 1. The Morgan fingerprint density at radius 2 is 2.00 bits per heavy atom. The lowest BCUT2D eigenvalue weighted by atomic mass is 10.0. The molecule has 0 radical (unpaired) electrons. The van der Waals surface area contributed by atoms with Crippen molar-refractivity contribution in [2.75, 3.05) is 13.2 Å². The first-order valence-corrected chi connectivity index (χ1v) is 9.94. The van der Waals surface area contributed by atoms with E-state index >= 15 is 0 Å². The number of carboxylic acid groups (broad SMARTS) is 1. The van der Waals surface area contributed by atoms with Gasteiger partial charge in [0.25, 0.3) is 0 Å². The molecule has 1 saturated heterocycles. The predicted octanol–water partition coefficient (Wildman–Crippen LogP) is 1.99. The Hall–Kier alpha value is -2.41. The minimum atomic E-state index is -1.03. The van der Waals surface area contributed by atoms with E-state index in [2.05, 4.69) is 5.32 Å². The smallest absolute Gasteiger partial charge is 0.326 e. The van der Waals surface area contributed by atoms with E-state index in [-0.39, 0.29) is 18.5 Å². The first-order valence-electron chi connectivity index (χ1n) is 9.94. The molecule has 1 aromatic rings. The van der Waals surface area contributed by atoms with Gasteiger partial charge in [-0.2, -0.15) is 0 Å². The number of nitrogens with one attached hydrogen (secondary N) is 1. The molecule has 1 heterocycles. The maximum Gasteiger partial charge on any atom is 0.326 e. The van der Waals surface area contributed by atoms with Crippen molar-refractivity contribution in [3.05, 3.63) is 35.9 Å². The van der Waals surface area contributed by atoms with E-state index in [0.717, 1.165) is 18.4 Å². The van der Waals surface area contributed by atoms with Gasteiger partial charge in [0.05, 0.1) is 12.6 Å². The van der Waals surface area contributed by atoms with Crippen molar-refractivity contribution in [1.82, 2.24) is 10.2 Å². The van der Waals surface area contributed by atoms with Gasteiger partial charge < -0.3 is 14.7 Å². The fourth-order valence-corrected chi connectivity index (χ4v) is 3.45. The lowest BCUT2D eigenvalue weighted by molar-refractivity contribution is -0.151. The Morgan fingerprint density at radius 1 is 1.29 bits per heavy atom. The Bertz CT molecular complexity index is 664. The number of aryl methyl sites for hydroxylation is 1. The van der Waals surface area contributed by atoms with Crippen LogP contribution < -0.4 is 5.32 Å². The SMILES string of the molecule is CCOC(=O)C(CCc1ccccc1)N[C@H]1CCCCN(C(C)C(=O)O)C1=O. The van der Waals surface area contributed by atoms with E-state index in [1.54, 1.807) is 6.92 Å². The van der Waals surface area contributed by atoms with Crippen LogP contribution in [0.3, 0.4) is 0 Å². The minimum absolute atomic E-state index is 0.263. The molecular weight excluding hydrogens is 360 g/mol. The summed E-state index contributed by atoms with van der Waals surface area (Å²) in [6, 6.07) is 7.73. The summed E-state index contributed by atoms with van der Waals surface area (Å²) < 4.78 is 5.19. The maximum atomic E-state index is 12.9. The molecule has 28 heavy (non-hydrogen) atoms. The number of carboxylic acids is 1. The normalized spacial score (nSPS) is 19.6. The third-order valence-corrected chi connectivity index (χ3v) is 5.09. The number of aliphatic carboxylic acids is 1. The van der Waals surface area contributed by atoms with Crippen molar-refractivity contribution in [3.63, 3.8) is 0 Å². The van der Waals surface area contributed by atoms with Gasteiger partial charge in [-0.1, -0.05) is 30.3 Å². The number of carbonyl (C=O) groups is 3. The quantitative estimate of drug-likeness (QED) is 0.626. The van der Waals surface area contributed by atoms with Gasteiger partial charge in [-0.25, -0.2) is 4.79 Å². The van der Waals surface area contributed by atoms with Crippen LogP contribution in [0.5, 0.6) is 0 Å². The molecule has 1 aromatic carbocycles. The Morgan fingerprint density at radius 3 is 2.64 bits per heavy atom. The number of benzene rings is 1. The highest BCUT2D eigenvalue weighted by Gasteiger charge is 2.35. The zero-order valence-electron chi connectivity index (χ0n) is 16.6. The van der Waals surface area contributed by atoms with E-state index in [9.17, 15) is 19.5 Å². The first kappa shape index (κ1) is 21.9. The number of amides is 1. The van der Waals surface area contributed by atoms with Crippen molar-refractivity contribution in [1.29, 1.82) is 0 Å². The molecule has 7 heteroatoms. The van der Waals surface area contributed by atoms with Gasteiger partial charge in [0, 0.05) is 6.54 Å². The number of hydrogen-bond donors (Lipinski definition) is 2. The Balaban J connectivity index is 2.10. The second-order valence-electron chi connectivity index (χ2n) is 7.09. The van der Waals surface area contributed by atoms with Crippen LogP contribution in [0.2, 0.25) is 0 Å². The number of nitrogens with zero attached hydrogens (tertiary/aromatic N) is 1. The summed E-state index contributed by atoms with van der Waals surface area (Å²) in [6.07, 6.45) is 3.29. The van der Waals surface area contributed by atoms with Gasteiger partial charge in [-0.15, -0.1) is 0 Å². The summed E-state index contributed by atoms with van der Waals surface area (Å²) in [5.74, 6) is -1.67. The van der Waals surface area contributed by atoms with Crippen LogP contribution in [0.1, 0.15) is 45.1 Å². The van der Waals surface area contributed by atoms with Gasteiger partial charge >= 0.3 is 11.9 Å². The third-order valence-electron chi connectivity index (χ3n) is 5.09. The maximum absolute atomic E-state index is 12.9. The number of hydrogen-bond acceptors (Lipinski definition) is 5. The van der Waals surface area contributed by atoms with Crippen LogP contribution in [-0.4, -0.2) is 59.1 Å². The van der Waals surface area contributed by atoms with Crippen LogP contribution in [0.15, 0.2) is 30.3 Å². The molecule has 7 nitrogen and oxygen atoms in total. The lowest BCUT2D eigenvalue weighted by Crippen LogP contribution is -2.54. The summed E-state index contributed by atoms with van der Waals surface area (Å²) in [7, 11) is 0. The molecule has 0 aromatic heterocycles. The molecule has 0 saturated carbocycles. The highest BCUT2D eigenvalue weighted by Crippen LogP contribution is 2.17. The van der Waals surface area contributed by atoms with E-state index < -0.39 is 24.1 Å². The zero-order chi connectivity index (χ0) is 20.5. The molecule has 0 bridgehead atoms. The second-order valence-corrected chi connectivity index (χ2v) is 7.09. The highest BCUT2D eigenvalue weighted by atomic mass is 16.5. The number of rotatable bonds is 9. The van der Waals surface area contributed by atoms with Gasteiger partial charge in [-0.3, -0.25) is 14.9 Å². The Kier molecular flexibility index (Phi) is 8.44. The monoisotopic (exact) mass is 390 g/mol. The van der Waals surface area contributed by atoms with E-state index in [0.29, 0.717) is 25.8 Å². The molecule has 2 rings (SSSR count). The van der Waals surface area contributed by atoms with Crippen molar-refractivity contribution in [3.8, 4) is 0 Å². The molecule has 1 aliphatic rings. The van der Waals surface area contributed by atoms with Crippen LogP contribution in [0.25, 0.3) is 0 Å². The molecule has 2 N–H and O–H groups in total. The van der Waals surface area contributed by atoms with Crippen LogP contribution in [-0.2, 0) is 25.5 Å². The van der Waals surface area contributed by atoms with Crippen LogP contribution in [0, 0.1) is 0 Å². The number of likely N-dealkylation sites (tertiary alicyclic amines) is 1. The highest BCUT2D eigenvalue weighted by molar-refractivity contribution is 5.87. The number of carbonyl (C=O) groups excluding carboxylic acids is 2. The summed E-state index contributed by atoms with van der Waals surface area (Å²) in [6.45, 7) is 3.95. The molecule has 2 unspecified atom stereocenters. The van der Waals surface area contributed by atoms with Crippen LogP contribution >= 0.6 is 0 Å². The minimum Gasteiger partial charge on any atom is -0.480 e. The van der Waals surface area contributed by atoms with E-state index in [1.807, 2.05) is 30.3 Å². The molecule has 0 aliphatic carbocycles. The third kappa shape index (κ3) is 6.05. The summed E-state index contributed by atoms with van der Waals surface area (Å²) in [5.41, 5.74) is 1.10. The standard InChI is InChI=1S/C21H30N2O5/c1-3-28-21(27)18(13-12-16-9-5-4-6-10-16)22-17-11-7-8-14-23(19(17)24)15(2)20(25)26/h4-6,9-10,15,17-18,22H,3,7-8,11-14H2,1-2H3,(H,25,26)/t15?,17-,18?/m0/s1. The summed E-state index contributed by atoms with van der Waals surface area (Å²) in [4.78, 5) is 38.1. The van der Waals surface area contributed by atoms with Crippen molar-refractivity contribution in [2.24, 2.45) is 0 Å². The molecule has 0 spiro atoms. The molecule has 1 fully saturated rings. The predicted molar refractivity (Wildman–Crippen MR) is 105 cm³/mol. The van der Waals surface area contributed by atoms with Gasteiger partial charge in [0.1, 0.15) is 12.1 Å². The van der Waals surface area contributed by atoms with Gasteiger partial charge in [0.2, 0.25) is 5.91 Å². The fraction of sp³-hybridized carbons (Fsp3) is 0.571. The molecule has 1 amide bonds. The lowest BCUT2D eigenvalue weighted by Gasteiger charge is -2.30. The first-order chi connectivity index (χ1) is 13.4.